The summed E-state index contributed by atoms with van der Waals surface area (Å²) in [5.41, 5.74) is 1.98. The van der Waals surface area contributed by atoms with Crippen molar-refractivity contribution >= 4 is 11.9 Å². The minimum atomic E-state index is -0.133. The van der Waals surface area contributed by atoms with Crippen molar-refractivity contribution in [3.63, 3.8) is 0 Å². The summed E-state index contributed by atoms with van der Waals surface area (Å²) in [5.74, 6) is 1.77. The van der Waals surface area contributed by atoms with Crippen LogP contribution in [0.15, 0.2) is 12.4 Å². The molecular formula is C28H46N4O4. The monoisotopic (exact) mass is 502 g/mol. The van der Waals surface area contributed by atoms with Crippen molar-refractivity contribution in [2.24, 2.45) is 0 Å². The third-order valence-corrected chi connectivity index (χ3v) is 6.27. The van der Waals surface area contributed by atoms with E-state index in [0.717, 1.165) is 74.4 Å². The number of nitrogens with zero attached hydrogens (tertiary/aromatic N) is 4. The Hall–Kier alpha value is -2.64. The molecule has 0 aliphatic heterocycles. The second-order valence-electron chi connectivity index (χ2n) is 9.46. The van der Waals surface area contributed by atoms with Crippen LogP contribution in [0, 0.1) is 13.8 Å². The molecule has 0 bridgehead atoms. The number of esters is 2. The highest BCUT2D eigenvalue weighted by Gasteiger charge is 2.09. The van der Waals surface area contributed by atoms with Crippen LogP contribution in [0.3, 0.4) is 0 Å². The fourth-order valence-corrected chi connectivity index (χ4v) is 4.35. The van der Waals surface area contributed by atoms with Crippen LogP contribution in [0.4, 0.5) is 0 Å². The predicted molar refractivity (Wildman–Crippen MR) is 141 cm³/mol. The van der Waals surface area contributed by atoms with Gasteiger partial charge in [0.15, 0.2) is 0 Å². The molecule has 0 fully saturated rings. The molecule has 0 radical (unpaired) electrons. The minimum absolute atomic E-state index is 0.133. The maximum Gasteiger partial charge on any atom is 0.307 e. The van der Waals surface area contributed by atoms with E-state index >= 15 is 0 Å². The third-order valence-electron chi connectivity index (χ3n) is 6.27. The van der Waals surface area contributed by atoms with Crippen LogP contribution in [0.2, 0.25) is 0 Å². The molecule has 202 valence electrons. The van der Waals surface area contributed by atoms with E-state index in [4.69, 9.17) is 9.47 Å². The number of carbonyl (C=O) groups excluding carboxylic acids is 2. The Morgan fingerprint density at radius 2 is 1.03 bits per heavy atom. The maximum atomic E-state index is 12.0. The molecule has 0 aliphatic rings. The van der Waals surface area contributed by atoms with E-state index in [1.807, 2.05) is 35.4 Å². The molecule has 0 amide bonds. The fraction of sp³-hybridized carbons (Fsp3) is 0.714. The fourth-order valence-electron chi connectivity index (χ4n) is 4.35. The van der Waals surface area contributed by atoms with Gasteiger partial charge in [-0.25, -0.2) is 9.97 Å². The van der Waals surface area contributed by atoms with Gasteiger partial charge in [0, 0.05) is 38.3 Å². The minimum Gasteiger partial charge on any atom is -0.466 e. The Kier molecular flexibility index (Phi) is 13.9. The standard InChI is InChI=1S/C28H46N4O4/c1-5-25-29-23(3)21-31(25)17-15-27(33)35-19-13-11-9-7-8-10-12-14-20-36-28(34)16-18-32-22-24(4)30-26(32)6-2/h21-22H,5-20H2,1-4H3. The molecule has 0 spiro atoms. The van der Waals surface area contributed by atoms with Crippen molar-refractivity contribution < 1.29 is 19.1 Å². The van der Waals surface area contributed by atoms with Gasteiger partial charge in [0.05, 0.1) is 37.4 Å². The van der Waals surface area contributed by atoms with Crippen molar-refractivity contribution in [3.8, 4) is 0 Å². The molecule has 0 unspecified atom stereocenters. The van der Waals surface area contributed by atoms with Crippen molar-refractivity contribution in [3.05, 3.63) is 35.4 Å². The van der Waals surface area contributed by atoms with Crippen LogP contribution in [-0.2, 0) is 45.0 Å². The number of aryl methyl sites for hydroxylation is 6. The third kappa shape index (κ3) is 11.4. The van der Waals surface area contributed by atoms with Crippen molar-refractivity contribution in [2.75, 3.05) is 13.2 Å². The summed E-state index contributed by atoms with van der Waals surface area (Å²) in [6.07, 6.45) is 15.2. The van der Waals surface area contributed by atoms with Gasteiger partial charge in [-0.05, 0) is 26.7 Å². The zero-order valence-corrected chi connectivity index (χ0v) is 22.9. The van der Waals surface area contributed by atoms with Crippen molar-refractivity contribution in [1.29, 1.82) is 0 Å². The topological polar surface area (TPSA) is 88.2 Å². The van der Waals surface area contributed by atoms with Crippen molar-refractivity contribution in [1.82, 2.24) is 19.1 Å². The molecule has 2 aromatic rings. The SMILES string of the molecule is CCc1nc(C)cn1CCC(=O)OCCCCCCCCCCOC(=O)CCn1cc(C)nc1CC. The van der Waals surface area contributed by atoms with Gasteiger partial charge >= 0.3 is 11.9 Å². The zero-order valence-electron chi connectivity index (χ0n) is 22.9. The van der Waals surface area contributed by atoms with Gasteiger partial charge in [0.1, 0.15) is 11.6 Å². The molecule has 0 aromatic carbocycles. The van der Waals surface area contributed by atoms with E-state index < -0.39 is 0 Å². The molecular weight excluding hydrogens is 456 g/mol. The quantitative estimate of drug-likeness (QED) is 0.186. The smallest absolute Gasteiger partial charge is 0.307 e. The number of ether oxygens (including phenoxy) is 2. The van der Waals surface area contributed by atoms with E-state index in [-0.39, 0.29) is 11.9 Å². The molecule has 2 rings (SSSR count). The number of carbonyl (C=O) groups is 2. The largest absolute Gasteiger partial charge is 0.466 e. The molecule has 0 N–H and O–H groups in total. The lowest BCUT2D eigenvalue weighted by Gasteiger charge is -2.08. The van der Waals surface area contributed by atoms with Gasteiger partial charge in [-0.3, -0.25) is 9.59 Å². The Morgan fingerprint density at radius 1 is 0.667 bits per heavy atom. The molecule has 0 saturated heterocycles. The molecule has 8 heteroatoms. The molecule has 0 aliphatic carbocycles. The predicted octanol–water partition coefficient (Wildman–Crippen LogP) is 5.51. The van der Waals surface area contributed by atoms with Gasteiger partial charge in [-0.15, -0.1) is 0 Å². The lowest BCUT2D eigenvalue weighted by atomic mass is 10.1. The van der Waals surface area contributed by atoms with E-state index in [2.05, 4.69) is 23.8 Å². The number of rotatable bonds is 19. The lowest BCUT2D eigenvalue weighted by molar-refractivity contribution is -0.145. The van der Waals surface area contributed by atoms with Gasteiger partial charge < -0.3 is 18.6 Å². The van der Waals surface area contributed by atoms with Crippen LogP contribution >= 0.6 is 0 Å². The number of imidazole rings is 2. The van der Waals surface area contributed by atoms with Crippen LogP contribution in [0.25, 0.3) is 0 Å². The van der Waals surface area contributed by atoms with E-state index in [0.29, 0.717) is 39.1 Å². The van der Waals surface area contributed by atoms with Gasteiger partial charge in [0.2, 0.25) is 0 Å². The summed E-state index contributed by atoms with van der Waals surface area (Å²) >= 11 is 0. The first-order valence-electron chi connectivity index (χ1n) is 13.8. The molecule has 8 nitrogen and oxygen atoms in total. The van der Waals surface area contributed by atoms with E-state index in [1.165, 1.54) is 12.8 Å². The van der Waals surface area contributed by atoms with Crippen LogP contribution in [-0.4, -0.2) is 44.3 Å². The van der Waals surface area contributed by atoms with E-state index in [1.54, 1.807) is 0 Å². The number of unbranched alkanes of at least 4 members (excludes halogenated alkanes) is 7. The molecule has 0 atom stereocenters. The Labute approximate surface area is 216 Å². The average molecular weight is 503 g/mol. The summed E-state index contributed by atoms with van der Waals surface area (Å²) in [6.45, 7) is 10.4. The average Bonchev–Trinajstić information content (AvgIpc) is 3.42. The van der Waals surface area contributed by atoms with E-state index in [9.17, 15) is 9.59 Å². The highest BCUT2D eigenvalue weighted by atomic mass is 16.5. The Morgan fingerprint density at radius 3 is 1.39 bits per heavy atom. The van der Waals surface area contributed by atoms with Crippen molar-refractivity contribution in [2.45, 2.75) is 118 Å². The van der Waals surface area contributed by atoms with Gasteiger partial charge in [-0.1, -0.05) is 52.4 Å². The van der Waals surface area contributed by atoms with Crippen LogP contribution < -0.4 is 0 Å². The van der Waals surface area contributed by atoms with Crippen LogP contribution in [0.1, 0.15) is 101 Å². The molecule has 36 heavy (non-hydrogen) atoms. The highest BCUT2D eigenvalue weighted by Crippen LogP contribution is 2.10. The second-order valence-corrected chi connectivity index (χ2v) is 9.46. The summed E-state index contributed by atoms with van der Waals surface area (Å²) in [4.78, 5) is 32.8. The molecule has 2 aromatic heterocycles. The first-order chi connectivity index (χ1) is 17.4. The summed E-state index contributed by atoms with van der Waals surface area (Å²) in [6, 6.07) is 0. The summed E-state index contributed by atoms with van der Waals surface area (Å²) < 4.78 is 14.8. The zero-order chi connectivity index (χ0) is 26.2. The number of hydrogen-bond donors (Lipinski definition) is 0. The summed E-state index contributed by atoms with van der Waals surface area (Å²) in [7, 11) is 0. The first-order valence-corrected chi connectivity index (χ1v) is 13.8. The number of hydrogen-bond acceptors (Lipinski definition) is 6. The molecule has 0 saturated carbocycles. The number of aromatic nitrogens is 4. The Bertz CT molecular complexity index is 845. The van der Waals surface area contributed by atoms with Gasteiger partial charge in [-0.2, -0.15) is 0 Å². The Balaban J connectivity index is 1.36. The van der Waals surface area contributed by atoms with Crippen LogP contribution in [0.5, 0.6) is 0 Å². The second kappa shape index (κ2) is 16.9. The highest BCUT2D eigenvalue weighted by molar-refractivity contribution is 5.69. The lowest BCUT2D eigenvalue weighted by Crippen LogP contribution is -2.11. The normalized spacial score (nSPS) is 11.1. The molecule has 2 heterocycles. The first kappa shape index (κ1) is 29.6. The van der Waals surface area contributed by atoms with Gasteiger partial charge in [0.25, 0.3) is 0 Å². The maximum absolute atomic E-state index is 12.0. The summed E-state index contributed by atoms with van der Waals surface area (Å²) in [5, 5.41) is 0.